The lowest BCUT2D eigenvalue weighted by molar-refractivity contribution is 0.0702. The molecule has 0 aromatic rings. The fourth-order valence-corrected chi connectivity index (χ4v) is 2.02. The highest BCUT2D eigenvalue weighted by Gasteiger charge is 2.01. The van der Waals surface area contributed by atoms with Crippen LogP contribution >= 0.6 is 0 Å². The van der Waals surface area contributed by atoms with Gasteiger partial charge in [0.15, 0.2) is 5.96 Å². The van der Waals surface area contributed by atoms with E-state index in [0.29, 0.717) is 13.2 Å². The van der Waals surface area contributed by atoms with Crippen LogP contribution in [0.4, 0.5) is 0 Å². The fourth-order valence-electron chi connectivity index (χ4n) is 2.02. The number of hydrogen-bond acceptors (Lipinski definition) is 4. The third-order valence-corrected chi connectivity index (χ3v) is 3.20. The Balaban J connectivity index is 3.85. The van der Waals surface area contributed by atoms with E-state index in [2.05, 4.69) is 41.3 Å². The van der Waals surface area contributed by atoms with E-state index in [-0.39, 0.29) is 0 Å². The first-order valence-electron chi connectivity index (χ1n) is 8.59. The fraction of sp³-hybridized carbons (Fsp3) is 0.938. The molecule has 0 spiro atoms. The number of ether oxygens (including phenoxy) is 2. The van der Waals surface area contributed by atoms with Crippen molar-refractivity contribution in [1.82, 2.24) is 15.5 Å². The second-order valence-electron chi connectivity index (χ2n) is 5.08. The molecule has 6 heteroatoms. The van der Waals surface area contributed by atoms with Crippen molar-refractivity contribution < 1.29 is 9.47 Å². The van der Waals surface area contributed by atoms with Crippen LogP contribution < -0.4 is 10.6 Å². The zero-order valence-electron chi connectivity index (χ0n) is 15.0. The van der Waals surface area contributed by atoms with Crippen molar-refractivity contribution in [2.75, 3.05) is 66.2 Å². The highest BCUT2D eigenvalue weighted by Crippen LogP contribution is 1.89. The number of aliphatic imine (C=N–C) groups is 1. The normalized spacial score (nSPS) is 12.0. The van der Waals surface area contributed by atoms with Gasteiger partial charge in [0.25, 0.3) is 0 Å². The zero-order chi connectivity index (χ0) is 16.5. The van der Waals surface area contributed by atoms with E-state index in [4.69, 9.17) is 9.47 Å². The van der Waals surface area contributed by atoms with Gasteiger partial charge in [0.05, 0.1) is 13.2 Å². The average molecular weight is 316 g/mol. The average Bonchev–Trinajstić information content (AvgIpc) is 2.53. The van der Waals surface area contributed by atoms with Crippen LogP contribution in [0.25, 0.3) is 0 Å². The van der Waals surface area contributed by atoms with Crippen molar-refractivity contribution in [2.24, 2.45) is 4.99 Å². The predicted octanol–water partition coefficient (Wildman–Crippen LogP) is 1.33. The topological polar surface area (TPSA) is 58.1 Å². The van der Waals surface area contributed by atoms with Crippen LogP contribution in [0.1, 0.15) is 33.6 Å². The van der Waals surface area contributed by atoms with Crippen LogP contribution in [0, 0.1) is 0 Å². The van der Waals surface area contributed by atoms with Crippen molar-refractivity contribution in [2.45, 2.75) is 33.6 Å². The van der Waals surface area contributed by atoms with Gasteiger partial charge in [-0.1, -0.05) is 13.8 Å². The van der Waals surface area contributed by atoms with Crippen molar-refractivity contribution in [3.63, 3.8) is 0 Å². The standard InChI is InChI=1S/C16H36N4O2/c1-5-11-20(7-3)12-10-19-16(17-6-2)18-9-8-13-22-15-14-21-4/h5-15H2,1-4H3,(H2,17,18,19). The first-order chi connectivity index (χ1) is 10.8. The van der Waals surface area contributed by atoms with Crippen LogP contribution in [0.2, 0.25) is 0 Å². The van der Waals surface area contributed by atoms with Gasteiger partial charge in [-0.05, 0) is 32.9 Å². The minimum Gasteiger partial charge on any atom is -0.382 e. The number of methoxy groups -OCH3 is 1. The van der Waals surface area contributed by atoms with Crippen LogP contribution in [0.5, 0.6) is 0 Å². The molecule has 22 heavy (non-hydrogen) atoms. The number of hydrogen-bond donors (Lipinski definition) is 2. The molecule has 0 saturated heterocycles. The summed E-state index contributed by atoms with van der Waals surface area (Å²) < 4.78 is 10.4. The first-order valence-corrected chi connectivity index (χ1v) is 8.59. The minimum absolute atomic E-state index is 0.652. The Kier molecular flexibility index (Phi) is 15.9. The van der Waals surface area contributed by atoms with Crippen molar-refractivity contribution in [3.05, 3.63) is 0 Å². The summed E-state index contributed by atoms with van der Waals surface area (Å²) >= 11 is 0. The number of likely N-dealkylation sites (N-methyl/N-ethyl adjacent to an activating group) is 1. The van der Waals surface area contributed by atoms with E-state index in [1.807, 2.05) is 0 Å². The Morgan fingerprint density at radius 1 is 1.05 bits per heavy atom. The molecule has 0 heterocycles. The maximum absolute atomic E-state index is 5.43. The lowest BCUT2D eigenvalue weighted by atomic mass is 10.4. The quantitative estimate of drug-likeness (QED) is 0.288. The van der Waals surface area contributed by atoms with Crippen molar-refractivity contribution >= 4 is 5.96 Å². The molecule has 0 aliphatic heterocycles. The van der Waals surface area contributed by atoms with Crippen LogP contribution in [0.3, 0.4) is 0 Å². The summed E-state index contributed by atoms with van der Waals surface area (Å²) in [6.45, 7) is 14.4. The van der Waals surface area contributed by atoms with Crippen LogP contribution in [-0.2, 0) is 9.47 Å². The monoisotopic (exact) mass is 316 g/mol. The van der Waals surface area contributed by atoms with Crippen LogP contribution in [0.15, 0.2) is 4.99 Å². The Labute approximate surface area is 136 Å². The lowest BCUT2D eigenvalue weighted by Gasteiger charge is -2.20. The molecular weight excluding hydrogens is 280 g/mol. The van der Waals surface area contributed by atoms with Gasteiger partial charge in [-0.2, -0.15) is 0 Å². The Hall–Kier alpha value is -0.850. The van der Waals surface area contributed by atoms with Gasteiger partial charge < -0.3 is 25.0 Å². The molecule has 0 amide bonds. The number of guanidine groups is 1. The smallest absolute Gasteiger partial charge is 0.191 e. The summed E-state index contributed by atoms with van der Waals surface area (Å²) in [5.41, 5.74) is 0. The lowest BCUT2D eigenvalue weighted by Crippen LogP contribution is -2.41. The van der Waals surface area contributed by atoms with Gasteiger partial charge >= 0.3 is 0 Å². The highest BCUT2D eigenvalue weighted by atomic mass is 16.5. The van der Waals surface area contributed by atoms with Gasteiger partial charge in [0, 0.05) is 39.9 Å². The number of nitrogens with one attached hydrogen (secondary N) is 2. The molecule has 0 saturated carbocycles. The number of nitrogens with zero attached hydrogens (tertiary/aromatic N) is 2. The van der Waals surface area contributed by atoms with Gasteiger partial charge in [-0.25, -0.2) is 0 Å². The summed E-state index contributed by atoms with van der Waals surface area (Å²) in [5, 5.41) is 6.67. The maximum Gasteiger partial charge on any atom is 0.191 e. The third kappa shape index (κ3) is 12.9. The zero-order valence-corrected chi connectivity index (χ0v) is 15.0. The first kappa shape index (κ1) is 21.1. The van der Waals surface area contributed by atoms with E-state index in [1.165, 1.54) is 6.42 Å². The summed E-state index contributed by atoms with van der Waals surface area (Å²) in [4.78, 5) is 7.01. The summed E-state index contributed by atoms with van der Waals surface area (Å²) in [6.07, 6.45) is 2.13. The Bertz CT molecular complexity index is 263. The van der Waals surface area contributed by atoms with E-state index in [9.17, 15) is 0 Å². The van der Waals surface area contributed by atoms with Gasteiger partial charge in [0.2, 0.25) is 0 Å². The van der Waals surface area contributed by atoms with Crippen LogP contribution in [-0.4, -0.2) is 77.1 Å². The summed E-state index contributed by atoms with van der Waals surface area (Å²) in [5.74, 6) is 0.895. The second kappa shape index (κ2) is 16.5. The predicted molar refractivity (Wildman–Crippen MR) is 93.7 cm³/mol. The van der Waals surface area contributed by atoms with E-state index in [1.54, 1.807) is 7.11 Å². The SMILES string of the molecule is CCCN(CC)CCNC(=NCCCOCCOC)NCC. The molecule has 0 aromatic carbocycles. The molecule has 0 aromatic heterocycles. The molecule has 2 N–H and O–H groups in total. The molecular formula is C16H36N4O2. The molecule has 0 rings (SSSR count). The van der Waals surface area contributed by atoms with E-state index in [0.717, 1.165) is 58.3 Å². The molecule has 0 atom stereocenters. The second-order valence-corrected chi connectivity index (χ2v) is 5.08. The summed E-state index contributed by atoms with van der Waals surface area (Å²) in [6, 6.07) is 0. The maximum atomic E-state index is 5.43. The van der Waals surface area contributed by atoms with E-state index < -0.39 is 0 Å². The molecule has 132 valence electrons. The highest BCUT2D eigenvalue weighted by molar-refractivity contribution is 5.79. The molecule has 6 nitrogen and oxygen atoms in total. The van der Waals surface area contributed by atoms with Crippen molar-refractivity contribution in [3.8, 4) is 0 Å². The largest absolute Gasteiger partial charge is 0.382 e. The Morgan fingerprint density at radius 2 is 1.86 bits per heavy atom. The molecule has 0 fully saturated rings. The summed E-state index contributed by atoms with van der Waals surface area (Å²) in [7, 11) is 1.68. The third-order valence-electron chi connectivity index (χ3n) is 3.20. The molecule has 0 bridgehead atoms. The Morgan fingerprint density at radius 3 is 2.50 bits per heavy atom. The number of rotatable bonds is 14. The van der Waals surface area contributed by atoms with E-state index >= 15 is 0 Å². The van der Waals surface area contributed by atoms with Gasteiger partial charge in [0.1, 0.15) is 0 Å². The minimum atomic E-state index is 0.652. The molecule has 0 unspecified atom stereocenters. The molecule has 0 aliphatic rings. The van der Waals surface area contributed by atoms with Gasteiger partial charge in [-0.15, -0.1) is 0 Å². The molecule has 0 radical (unpaired) electrons. The van der Waals surface area contributed by atoms with Gasteiger partial charge in [-0.3, -0.25) is 4.99 Å². The molecule has 0 aliphatic carbocycles. The van der Waals surface area contributed by atoms with Crippen molar-refractivity contribution in [1.29, 1.82) is 0 Å².